The van der Waals surface area contributed by atoms with Gasteiger partial charge >= 0.3 is 0 Å². The third kappa shape index (κ3) is 8.62. The maximum absolute atomic E-state index is 13.2. The number of rotatable bonds is 14. The molecule has 0 saturated heterocycles. The van der Waals surface area contributed by atoms with E-state index in [2.05, 4.69) is 33.2 Å². The van der Waals surface area contributed by atoms with Crippen LogP contribution in [0.25, 0.3) is 0 Å². The molecule has 0 aromatic heterocycles. The second kappa shape index (κ2) is 13.4. The summed E-state index contributed by atoms with van der Waals surface area (Å²) >= 11 is 0. The topological polar surface area (TPSA) is 154 Å². The molecule has 4 amide bonds. The summed E-state index contributed by atoms with van der Waals surface area (Å²) in [5.41, 5.74) is 5.48. The molecule has 0 radical (unpaired) electrons. The van der Waals surface area contributed by atoms with Gasteiger partial charge in [0.2, 0.25) is 23.6 Å². The molecule has 1 aromatic rings. The molecule has 1 fully saturated rings. The first-order chi connectivity index (χ1) is 16.7. The Hall–Kier alpha value is -3.56. The number of amides is 4. The SMILES string of the molecule is C=C(N)NCCC[C@H](NC(=O)C1(NC(C)=O)CCC1)C(=O)N[C@@H](CC)C(=O)NCc1ccccc1. The average Bonchev–Trinajstić information content (AvgIpc) is 2.80. The molecule has 1 saturated carbocycles. The van der Waals surface area contributed by atoms with Crippen LogP contribution in [0.2, 0.25) is 0 Å². The lowest BCUT2D eigenvalue weighted by molar-refractivity contribution is -0.139. The highest BCUT2D eigenvalue weighted by Gasteiger charge is 2.46. The minimum Gasteiger partial charge on any atom is -0.386 e. The standard InChI is InChI=1S/C25H38N6O4/c1-4-20(22(33)28-16-19-10-6-5-7-11-19)29-23(34)21(12-8-15-27-17(2)26)30-24(35)25(13-9-14-25)31-18(3)32/h5-7,10-11,20-21,27H,2,4,8-9,12-16,26H2,1,3H3,(H,28,33)(H,29,34)(H,30,35)(H,31,32)/t20-,21-/m0/s1. The molecule has 0 aliphatic heterocycles. The van der Waals surface area contributed by atoms with E-state index in [9.17, 15) is 19.2 Å². The maximum atomic E-state index is 13.2. The highest BCUT2D eigenvalue weighted by atomic mass is 16.2. The van der Waals surface area contributed by atoms with Crippen LogP contribution in [0.4, 0.5) is 0 Å². The first-order valence-electron chi connectivity index (χ1n) is 12.1. The van der Waals surface area contributed by atoms with E-state index < -0.39 is 29.4 Å². The predicted molar refractivity (Wildman–Crippen MR) is 133 cm³/mol. The van der Waals surface area contributed by atoms with Crippen molar-refractivity contribution in [2.45, 2.75) is 76.5 Å². The summed E-state index contributed by atoms with van der Waals surface area (Å²) in [5.74, 6) is -1.13. The molecule has 2 rings (SSSR count). The zero-order valence-corrected chi connectivity index (χ0v) is 20.6. The van der Waals surface area contributed by atoms with Crippen LogP contribution in [0, 0.1) is 0 Å². The third-order valence-corrected chi connectivity index (χ3v) is 6.05. The summed E-state index contributed by atoms with van der Waals surface area (Å²) in [6.45, 7) is 7.56. The first-order valence-corrected chi connectivity index (χ1v) is 12.1. The number of nitrogens with two attached hydrogens (primary N) is 1. The van der Waals surface area contributed by atoms with E-state index in [0.717, 1.165) is 12.0 Å². The molecule has 0 bridgehead atoms. The van der Waals surface area contributed by atoms with Gasteiger partial charge in [0.05, 0.1) is 5.82 Å². The van der Waals surface area contributed by atoms with Gasteiger partial charge in [-0.15, -0.1) is 0 Å². The van der Waals surface area contributed by atoms with E-state index in [4.69, 9.17) is 5.73 Å². The van der Waals surface area contributed by atoms with E-state index >= 15 is 0 Å². The third-order valence-electron chi connectivity index (χ3n) is 6.05. The van der Waals surface area contributed by atoms with Gasteiger partial charge in [-0.2, -0.15) is 0 Å². The van der Waals surface area contributed by atoms with Crippen LogP contribution >= 0.6 is 0 Å². The van der Waals surface area contributed by atoms with Crippen molar-refractivity contribution < 1.29 is 19.2 Å². The van der Waals surface area contributed by atoms with Gasteiger partial charge in [-0.1, -0.05) is 43.8 Å². The van der Waals surface area contributed by atoms with Crippen LogP contribution in [-0.4, -0.2) is 47.8 Å². The van der Waals surface area contributed by atoms with Gasteiger partial charge < -0.3 is 32.3 Å². The van der Waals surface area contributed by atoms with Crippen LogP contribution in [0.3, 0.4) is 0 Å². The Kier molecular flexibility index (Phi) is 10.6. The molecule has 10 heteroatoms. The van der Waals surface area contributed by atoms with E-state index in [-0.39, 0.29) is 11.8 Å². The highest BCUT2D eigenvalue weighted by Crippen LogP contribution is 2.32. The molecule has 35 heavy (non-hydrogen) atoms. The van der Waals surface area contributed by atoms with Gasteiger partial charge in [-0.25, -0.2) is 0 Å². The number of hydrogen-bond donors (Lipinski definition) is 6. The van der Waals surface area contributed by atoms with Crippen molar-refractivity contribution in [2.24, 2.45) is 5.73 Å². The van der Waals surface area contributed by atoms with Crippen molar-refractivity contribution in [3.05, 3.63) is 48.3 Å². The molecule has 10 nitrogen and oxygen atoms in total. The lowest BCUT2D eigenvalue weighted by Gasteiger charge is -2.41. The Balaban J connectivity index is 2.03. The Morgan fingerprint density at radius 2 is 1.71 bits per heavy atom. The van der Waals surface area contributed by atoms with Crippen molar-refractivity contribution in [1.29, 1.82) is 0 Å². The first kappa shape index (κ1) is 27.7. The lowest BCUT2D eigenvalue weighted by Crippen LogP contribution is -2.65. The summed E-state index contributed by atoms with van der Waals surface area (Å²) in [6.07, 6.45) is 3.07. The molecular weight excluding hydrogens is 448 g/mol. The second-order valence-corrected chi connectivity index (χ2v) is 8.91. The minimum absolute atomic E-state index is 0.298. The van der Waals surface area contributed by atoms with Crippen LogP contribution in [-0.2, 0) is 25.7 Å². The van der Waals surface area contributed by atoms with Crippen molar-refractivity contribution in [3.8, 4) is 0 Å². The summed E-state index contributed by atoms with van der Waals surface area (Å²) in [7, 11) is 0. The number of nitrogens with one attached hydrogen (secondary N) is 5. The fourth-order valence-corrected chi connectivity index (χ4v) is 3.93. The quantitative estimate of drug-likeness (QED) is 0.211. The molecule has 192 valence electrons. The Bertz CT molecular complexity index is 900. The number of carbonyl (C=O) groups is 4. The Labute approximate surface area is 206 Å². The Morgan fingerprint density at radius 3 is 2.26 bits per heavy atom. The lowest BCUT2D eigenvalue weighted by atomic mass is 9.75. The normalized spacial score (nSPS) is 15.5. The van der Waals surface area contributed by atoms with Gasteiger partial charge in [-0.05, 0) is 44.1 Å². The van der Waals surface area contributed by atoms with Crippen LogP contribution in [0.15, 0.2) is 42.7 Å². The molecule has 0 unspecified atom stereocenters. The minimum atomic E-state index is -0.995. The Morgan fingerprint density at radius 1 is 1.03 bits per heavy atom. The summed E-state index contributed by atoms with van der Waals surface area (Å²) in [5, 5.41) is 14.0. The van der Waals surface area contributed by atoms with Crippen molar-refractivity contribution in [3.63, 3.8) is 0 Å². The summed E-state index contributed by atoms with van der Waals surface area (Å²) in [4.78, 5) is 50.5. The molecule has 1 aliphatic rings. The fourth-order valence-electron chi connectivity index (χ4n) is 3.93. The van der Waals surface area contributed by atoms with E-state index in [0.29, 0.717) is 51.0 Å². The average molecular weight is 487 g/mol. The van der Waals surface area contributed by atoms with Crippen LogP contribution in [0.5, 0.6) is 0 Å². The van der Waals surface area contributed by atoms with Crippen molar-refractivity contribution in [2.75, 3.05) is 6.54 Å². The van der Waals surface area contributed by atoms with E-state index in [1.54, 1.807) is 6.92 Å². The summed E-state index contributed by atoms with van der Waals surface area (Å²) in [6, 6.07) is 7.85. The van der Waals surface area contributed by atoms with Gasteiger partial charge in [0.1, 0.15) is 17.6 Å². The fraction of sp³-hybridized carbons (Fsp3) is 0.520. The highest BCUT2D eigenvalue weighted by molar-refractivity contribution is 5.96. The second-order valence-electron chi connectivity index (χ2n) is 8.91. The maximum Gasteiger partial charge on any atom is 0.246 e. The van der Waals surface area contributed by atoms with Crippen molar-refractivity contribution in [1.82, 2.24) is 26.6 Å². The largest absolute Gasteiger partial charge is 0.386 e. The van der Waals surface area contributed by atoms with Gasteiger partial charge in [0.15, 0.2) is 0 Å². The molecule has 0 spiro atoms. The number of hydrogen-bond acceptors (Lipinski definition) is 6. The van der Waals surface area contributed by atoms with Crippen molar-refractivity contribution >= 4 is 23.6 Å². The molecule has 7 N–H and O–H groups in total. The van der Waals surface area contributed by atoms with E-state index in [1.165, 1.54) is 6.92 Å². The number of carbonyl (C=O) groups excluding carboxylic acids is 4. The zero-order valence-electron chi connectivity index (χ0n) is 20.6. The summed E-state index contributed by atoms with van der Waals surface area (Å²) < 4.78 is 0. The van der Waals surface area contributed by atoms with Crippen LogP contribution in [0.1, 0.15) is 57.9 Å². The zero-order chi connectivity index (χ0) is 25.8. The van der Waals surface area contributed by atoms with Crippen LogP contribution < -0.4 is 32.3 Å². The molecule has 1 aromatic carbocycles. The molecule has 2 atom stereocenters. The smallest absolute Gasteiger partial charge is 0.246 e. The molecule has 1 aliphatic carbocycles. The number of benzene rings is 1. The van der Waals surface area contributed by atoms with Gasteiger partial charge in [-0.3, -0.25) is 19.2 Å². The molecule has 0 heterocycles. The van der Waals surface area contributed by atoms with Gasteiger partial charge in [0, 0.05) is 20.0 Å². The monoisotopic (exact) mass is 486 g/mol. The predicted octanol–water partition coefficient (Wildman–Crippen LogP) is 0.541. The van der Waals surface area contributed by atoms with E-state index in [1.807, 2.05) is 30.3 Å². The molecular formula is C25H38N6O4. The van der Waals surface area contributed by atoms with Gasteiger partial charge in [0.25, 0.3) is 0 Å².